The van der Waals surface area contributed by atoms with Gasteiger partial charge in [0.25, 0.3) is 0 Å². The largest absolute Gasteiger partial charge is 0.450 e. The number of carbonyl (C=O) groups is 1. The molecule has 1 saturated heterocycles. The van der Waals surface area contributed by atoms with Gasteiger partial charge < -0.3 is 19.9 Å². The Balaban J connectivity index is 0.00000450. The lowest BCUT2D eigenvalue weighted by Gasteiger charge is -2.35. The van der Waals surface area contributed by atoms with Crippen LogP contribution in [0.25, 0.3) is 0 Å². The number of ether oxygens (including phenoxy) is 1. The summed E-state index contributed by atoms with van der Waals surface area (Å²) in [6.45, 7) is 9.65. The van der Waals surface area contributed by atoms with Crippen molar-refractivity contribution in [3.8, 4) is 0 Å². The molecule has 170 valence electrons. The number of nitrogens with zero attached hydrogens (tertiary/aromatic N) is 3. The van der Waals surface area contributed by atoms with Crippen molar-refractivity contribution in [1.29, 1.82) is 0 Å². The first kappa shape index (κ1) is 26.4. The second-order valence-corrected chi connectivity index (χ2v) is 8.39. The van der Waals surface area contributed by atoms with Crippen LogP contribution in [-0.2, 0) is 14.8 Å². The molecule has 2 rings (SSSR count). The summed E-state index contributed by atoms with van der Waals surface area (Å²) in [5.74, 6) is 0.713. The highest BCUT2D eigenvalue weighted by Gasteiger charge is 2.23. The number of hydrogen-bond donors (Lipinski definition) is 2. The predicted molar refractivity (Wildman–Crippen MR) is 128 cm³/mol. The number of halogens is 1. The molecule has 0 saturated carbocycles. The number of carbonyl (C=O) groups excluding carboxylic acids is 1. The lowest BCUT2D eigenvalue weighted by Crippen LogP contribution is -2.54. The second kappa shape index (κ2) is 13.0. The quantitative estimate of drug-likeness (QED) is 0.230. The molecule has 1 aliphatic rings. The minimum Gasteiger partial charge on any atom is -0.450 e. The number of aryl methyl sites for hydroxylation is 1. The zero-order chi connectivity index (χ0) is 21.3. The van der Waals surface area contributed by atoms with E-state index in [1.807, 2.05) is 13.8 Å². The third-order valence-corrected chi connectivity index (χ3v) is 5.91. The SMILES string of the molecule is CCNC(=NCCNS(=O)(=O)c1ccc(C)cc1)N1CCN(C(=O)OCC)CC1.I. The molecule has 1 aromatic carbocycles. The molecule has 0 bridgehead atoms. The monoisotopic (exact) mass is 553 g/mol. The topological polar surface area (TPSA) is 103 Å². The van der Waals surface area contributed by atoms with Crippen molar-refractivity contribution >= 4 is 46.1 Å². The van der Waals surface area contributed by atoms with Crippen molar-refractivity contribution in [3.63, 3.8) is 0 Å². The molecule has 0 unspecified atom stereocenters. The van der Waals surface area contributed by atoms with Crippen molar-refractivity contribution in [3.05, 3.63) is 29.8 Å². The molecule has 2 N–H and O–H groups in total. The van der Waals surface area contributed by atoms with E-state index in [1.165, 1.54) is 0 Å². The van der Waals surface area contributed by atoms with Crippen LogP contribution in [0.3, 0.4) is 0 Å². The van der Waals surface area contributed by atoms with Crippen LogP contribution in [0.15, 0.2) is 34.2 Å². The highest BCUT2D eigenvalue weighted by atomic mass is 127. The van der Waals surface area contributed by atoms with Gasteiger partial charge >= 0.3 is 6.09 Å². The first-order chi connectivity index (χ1) is 13.9. The van der Waals surface area contributed by atoms with E-state index in [0.29, 0.717) is 51.8 Å². The van der Waals surface area contributed by atoms with E-state index < -0.39 is 10.0 Å². The average Bonchev–Trinajstić information content (AvgIpc) is 2.71. The fourth-order valence-electron chi connectivity index (χ4n) is 2.88. The van der Waals surface area contributed by atoms with Crippen molar-refractivity contribution in [2.24, 2.45) is 4.99 Å². The van der Waals surface area contributed by atoms with Crippen LogP contribution in [0.5, 0.6) is 0 Å². The molecule has 1 amide bonds. The van der Waals surface area contributed by atoms with Gasteiger partial charge in [0.05, 0.1) is 18.0 Å². The number of benzene rings is 1. The van der Waals surface area contributed by atoms with Crippen LogP contribution in [0.4, 0.5) is 4.79 Å². The number of hydrogen-bond acceptors (Lipinski definition) is 5. The number of amides is 1. The minimum absolute atomic E-state index is 0. The van der Waals surface area contributed by atoms with Gasteiger partial charge in [-0.05, 0) is 32.9 Å². The molecule has 1 aromatic rings. The first-order valence-electron chi connectivity index (χ1n) is 9.88. The van der Waals surface area contributed by atoms with Gasteiger partial charge in [-0.1, -0.05) is 17.7 Å². The first-order valence-corrected chi connectivity index (χ1v) is 11.4. The Bertz CT molecular complexity index is 794. The number of aliphatic imine (C=N–C) groups is 1. The number of guanidine groups is 1. The Morgan fingerprint density at radius 1 is 1.10 bits per heavy atom. The van der Waals surface area contributed by atoms with Gasteiger partial charge in [0, 0.05) is 39.3 Å². The Hall–Kier alpha value is -1.60. The maximum absolute atomic E-state index is 12.3. The maximum Gasteiger partial charge on any atom is 0.409 e. The third kappa shape index (κ3) is 7.91. The van der Waals surface area contributed by atoms with Gasteiger partial charge in [-0.15, -0.1) is 24.0 Å². The van der Waals surface area contributed by atoms with Gasteiger partial charge in [0.2, 0.25) is 10.0 Å². The standard InChI is InChI=1S/C19H31N5O4S.HI/c1-4-20-18(23-12-14-24(15-13-23)19(25)28-5-2)21-10-11-22-29(26,27)17-8-6-16(3)7-9-17;/h6-9,22H,4-5,10-15H2,1-3H3,(H,20,21);1H. The molecular formula is C19H32IN5O4S. The summed E-state index contributed by atoms with van der Waals surface area (Å²) in [5, 5.41) is 3.22. The molecule has 1 heterocycles. The smallest absolute Gasteiger partial charge is 0.409 e. The molecule has 11 heteroatoms. The van der Waals surface area contributed by atoms with Gasteiger partial charge in [-0.3, -0.25) is 4.99 Å². The Morgan fingerprint density at radius 2 is 1.70 bits per heavy atom. The zero-order valence-corrected chi connectivity index (χ0v) is 20.9. The van der Waals surface area contributed by atoms with Crippen LogP contribution >= 0.6 is 24.0 Å². The maximum atomic E-state index is 12.3. The van der Waals surface area contributed by atoms with Crippen LogP contribution in [0.1, 0.15) is 19.4 Å². The molecule has 0 aliphatic carbocycles. The van der Waals surface area contributed by atoms with Crippen LogP contribution in [-0.4, -0.2) is 82.7 Å². The third-order valence-electron chi connectivity index (χ3n) is 4.44. The highest BCUT2D eigenvalue weighted by Crippen LogP contribution is 2.09. The summed E-state index contributed by atoms with van der Waals surface area (Å²) in [7, 11) is -3.55. The van der Waals surface area contributed by atoms with Crippen molar-refractivity contribution in [2.75, 3.05) is 52.4 Å². The highest BCUT2D eigenvalue weighted by molar-refractivity contribution is 14.0. The lowest BCUT2D eigenvalue weighted by atomic mass is 10.2. The Kier molecular flexibility index (Phi) is 11.4. The number of nitrogens with one attached hydrogen (secondary N) is 2. The van der Waals surface area contributed by atoms with Crippen molar-refractivity contribution in [2.45, 2.75) is 25.7 Å². The number of rotatable bonds is 7. The van der Waals surface area contributed by atoms with Gasteiger partial charge in [-0.25, -0.2) is 17.9 Å². The molecule has 0 spiro atoms. The minimum atomic E-state index is -3.55. The van der Waals surface area contributed by atoms with E-state index in [-0.39, 0.29) is 41.5 Å². The van der Waals surface area contributed by atoms with E-state index in [1.54, 1.807) is 36.1 Å². The van der Waals surface area contributed by atoms with E-state index in [4.69, 9.17) is 4.74 Å². The van der Waals surface area contributed by atoms with Gasteiger partial charge in [-0.2, -0.15) is 0 Å². The molecule has 0 radical (unpaired) electrons. The van der Waals surface area contributed by atoms with Gasteiger partial charge in [0.15, 0.2) is 5.96 Å². The molecule has 9 nitrogen and oxygen atoms in total. The molecule has 0 atom stereocenters. The fraction of sp³-hybridized carbons (Fsp3) is 0.579. The number of sulfonamides is 1. The summed E-state index contributed by atoms with van der Waals surface area (Å²) < 4.78 is 32.3. The van der Waals surface area contributed by atoms with Crippen LogP contribution in [0.2, 0.25) is 0 Å². The van der Waals surface area contributed by atoms with Crippen molar-refractivity contribution < 1.29 is 17.9 Å². The Labute approximate surface area is 196 Å². The van der Waals surface area contributed by atoms with Crippen molar-refractivity contribution in [1.82, 2.24) is 19.8 Å². The lowest BCUT2D eigenvalue weighted by molar-refractivity contribution is 0.0914. The predicted octanol–water partition coefficient (Wildman–Crippen LogP) is 1.63. The molecule has 1 fully saturated rings. The van der Waals surface area contributed by atoms with E-state index in [0.717, 1.165) is 5.56 Å². The van der Waals surface area contributed by atoms with E-state index in [2.05, 4.69) is 19.9 Å². The molecule has 1 aliphatic heterocycles. The summed E-state index contributed by atoms with van der Waals surface area (Å²) in [6.07, 6.45) is -0.292. The van der Waals surface area contributed by atoms with Crippen LogP contribution in [0, 0.1) is 6.92 Å². The molecule has 30 heavy (non-hydrogen) atoms. The Morgan fingerprint density at radius 3 is 2.27 bits per heavy atom. The summed E-state index contributed by atoms with van der Waals surface area (Å²) >= 11 is 0. The normalized spacial score (nSPS) is 14.8. The molecular weight excluding hydrogens is 521 g/mol. The second-order valence-electron chi connectivity index (χ2n) is 6.62. The van der Waals surface area contributed by atoms with E-state index >= 15 is 0 Å². The molecule has 0 aromatic heterocycles. The van der Waals surface area contributed by atoms with E-state index in [9.17, 15) is 13.2 Å². The number of piperazine rings is 1. The summed E-state index contributed by atoms with van der Waals surface area (Å²) in [6, 6.07) is 6.72. The van der Waals surface area contributed by atoms with Gasteiger partial charge in [0.1, 0.15) is 0 Å². The summed E-state index contributed by atoms with van der Waals surface area (Å²) in [5.41, 5.74) is 1.01. The zero-order valence-electron chi connectivity index (χ0n) is 17.8. The summed E-state index contributed by atoms with van der Waals surface area (Å²) in [4.78, 5) is 20.3. The fourth-order valence-corrected chi connectivity index (χ4v) is 3.91. The average molecular weight is 553 g/mol. The van der Waals surface area contributed by atoms with Crippen LogP contribution < -0.4 is 10.0 Å².